The van der Waals surface area contributed by atoms with Gasteiger partial charge in [-0.3, -0.25) is 9.59 Å². The minimum atomic E-state index is -1.39. The molecule has 1 heterocycles. The van der Waals surface area contributed by atoms with Crippen LogP contribution in [0.2, 0.25) is 10.0 Å². The highest BCUT2D eigenvalue weighted by molar-refractivity contribution is 6.40. The lowest BCUT2D eigenvalue weighted by molar-refractivity contribution is -0.119. The molecule has 6 heteroatoms. The Labute approximate surface area is 137 Å². The van der Waals surface area contributed by atoms with Gasteiger partial charge in [-0.15, -0.1) is 0 Å². The number of benzene rings is 2. The lowest BCUT2D eigenvalue weighted by Gasteiger charge is -2.33. The molecule has 1 amide bonds. The summed E-state index contributed by atoms with van der Waals surface area (Å²) in [6.07, 6.45) is 0. The van der Waals surface area contributed by atoms with Crippen molar-refractivity contribution in [3.8, 4) is 0 Å². The van der Waals surface area contributed by atoms with Crippen molar-refractivity contribution in [2.45, 2.75) is 12.3 Å². The van der Waals surface area contributed by atoms with Crippen LogP contribution in [0.3, 0.4) is 0 Å². The van der Waals surface area contributed by atoms with Gasteiger partial charge < -0.3 is 11.1 Å². The summed E-state index contributed by atoms with van der Waals surface area (Å²) in [4.78, 5) is 25.5. The highest BCUT2D eigenvalue weighted by Crippen LogP contribution is 2.41. The molecule has 1 aliphatic heterocycles. The van der Waals surface area contributed by atoms with Crippen LogP contribution < -0.4 is 11.1 Å². The molecule has 1 aliphatic rings. The number of carbonyl (C=O) groups is 2. The van der Waals surface area contributed by atoms with Gasteiger partial charge in [0, 0.05) is 10.7 Å². The molecule has 0 spiro atoms. The molecule has 2 aromatic carbocycles. The number of nitrogen functional groups attached to an aromatic ring is 1. The zero-order chi connectivity index (χ0) is 16.1. The number of ketones is 1. The second-order valence-electron chi connectivity index (χ2n) is 5.34. The molecule has 3 N–H and O–H groups in total. The Morgan fingerprint density at radius 2 is 1.86 bits per heavy atom. The monoisotopic (exact) mass is 334 g/mol. The molecule has 0 saturated heterocycles. The molecule has 112 valence electrons. The van der Waals surface area contributed by atoms with Crippen molar-refractivity contribution in [2.24, 2.45) is 0 Å². The maximum absolute atomic E-state index is 13.0. The van der Waals surface area contributed by atoms with E-state index in [9.17, 15) is 9.59 Å². The van der Waals surface area contributed by atoms with Crippen molar-refractivity contribution in [1.82, 2.24) is 0 Å². The number of fused-ring (bicyclic) bond motifs is 1. The molecule has 0 aromatic heterocycles. The number of anilines is 2. The van der Waals surface area contributed by atoms with Crippen molar-refractivity contribution in [2.75, 3.05) is 11.1 Å². The van der Waals surface area contributed by atoms with Gasteiger partial charge in [0.1, 0.15) is 5.41 Å². The first-order valence-corrected chi connectivity index (χ1v) is 7.31. The van der Waals surface area contributed by atoms with Crippen LogP contribution in [0.15, 0.2) is 36.4 Å². The van der Waals surface area contributed by atoms with Crippen LogP contribution in [-0.2, 0) is 10.2 Å². The number of nitrogens with one attached hydrogen (secondary N) is 1. The summed E-state index contributed by atoms with van der Waals surface area (Å²) in [7, 11) is 0. The highest BCUT2D eigenvalue weighted by Gasteiger charge is 2.48. The van der Waals surface area contributed by atoms with E-state index in [4.69, 9.17) is 28.9 Å². The maximum atomic E-state index is 13.0. The van der Waals surface area contributed by atoms with Gasteiger partial charge in [-0.1, -0.05) is 35.3 Å². The molecule has 0 bridgehead atoms. The van der Waals surface area contributed by atoms with Gasteiger partial charge in [0.25, 0.3) is 0 Å². The molecule has 0 radical (unpaired) electrons. The van der Waals surface area contributed by atoms with Gasteiger partial charge >= 0.3 is 0 Å². The summed E-state index contributed by atoms with van der Waals surface area (Å²) in [6.45, 7) is 1.56. The Morgan fingerprint density at radius 3 is 2.55 bits per heavy atom. The molecule has 4 nitrogen and oxygen atoms in total. The molecule has 3 rings (SSSR count). The van der Waals surface area contributed by atoms with E-state index in [1.807, 2.05) is 0 Å². The van der Waals surface area contributed by atoms with Crippen LogP contribution in [-0.4, -0.2) is 11.7 Å². The van der Waals surface area contributed by atoms with Crippen LogP contribution >= 0.6 is 23.2 Å². The van der Waals surface area contributed by atoms with Crippen LogP contribution in [0.5, 0.6) is 0 Å². The van der Waals surface area contributed by atoms with E-state index in [1.165, 1.54) is 12.1 Å². The largest absolute Gasteiger partial charge is 0.399 e. The van der Waals surface area contributed by atoms with E-state index in [0.717, 1.165) is 0 Å². The Hall–Kier alpha value is -2.04. The normalized spacial score (nSPS) is 20.5. The lowest BCUT2D eigenvalue weighted by atomic mass is 9.73. The number of amides is 1. The Bertz CT molecular complexity index is 820. The van der Waals surface area contributed by atoms with E-state index >= 15 is 0 Å². The third kappa shape index (κ3) is 2.07. The minimum Gasteiger partial charge on any atom is -0.399 e. The van der Waals surface area contributed by atoms with E-state index in [1.54, 1.807) is 31.2 Å². The van der Waals surface area contributed by atoms with Gasteiger partial charge in [0.2, 0.25) is 5.91 Å². The predicted molar refractivity (Wildman–Crippen MR) is 87.6 cm³/mol. The van der Waals surface area contributed by atoms with Crippen LogP contribution in [0.4, 0.5) is 11.4 Å². The maximum Gasteiger partial charge on any atom is 0.242 e. The standard InChI is InChI=1S/C16H12Cl2N2O2/c1-16(8-3-2-4-10(19)5-8)14(21)13-11(18)6-9(17)7-12(13)20-15(16)22/h2-7H,19H2,1H3,(H,20,22). The fourth-order valence-corrected chi connectivity index (χ4v) is 3.19. The van der Waals surface area contributed by atoms with Gasteiger partial charge in [-0.25, -0.2) is 0 Å². The average Bonchev–Trinajstić information content (AvgIpc) is 2.44. The predicted octanol–water partition coefficient (Wildman–Crippen LogP) is 3.67. The van der Waals surface area contributed by atoms with Crippen molar-refractivity contribution in [3.05, 3.63) is 57.6 Å². The zero-order valence-corrected chi connectivity index (χ0v) is 13.1. The van der Waals surface area contributed by atoms with Crippen LogP contribution in [0, 0.1) is 0 Å². The number of carbonyl (C=O) groups excluding carboxylic acids is 2. The minimum absolute atomic E-state index is 0.211. The summed E-state index contributed by atoms with van der Waals surface area (Å²) >= 11 is 12.1. The molecule has 1 atom stereocenters. The Morgan fingerprint density at radius 1 is 1.14 bits per heavy atom. The molecule has 0 aliphatic carbocycles. The fraction of sp³-hybridized carbons (Fsp3) is 0.125. The molecular weight excluding hydrogens is 323 g/mol. The van der Waals surface area contributed by atoms with Crippen molar-refractivity contribution >= 4 is 46.3 Å². The van der Waals surface area contributed by atoms with Crippen LogP contribution in [0.25, 0.3) is 0 Å². The second-order valence-corrected chi connectivity index (χ2v) is 6.19. The van der Waals surface area contributed by atoms with Crippen LogP contribution in [0.1, 0.15) is 22.8 Å². The van der Waals surface area contributed by atoms with Gasteiger partial charge in [-0.2, -0.15) is 0 Å². The van der Waals surface area contributed by atoms with Crippen molar-refractivity contribution in [1.29, 1.82) is 0 Å². The highest BCUT2D eigenvalue weighted by atomic mass is 35.5. The first-order chi connectivity index (χ1) is 10.3. The third-order valence-electron chi connectivity index (χ3n) is 3.90. The Balaban J connectivity index is 2.23. The van der Waals surface area contributed by atoms with E-state index in [-0.39, 0.29) is 16.4 Å². The van der Waals surface area contributed by atoms with E-state index in [0.29, 0.717) is 22.0 Å². The molecule has 2 aromatic rings. The summed E-state index contributed by atoms with van der Waals surface area (Å²) in [5, 5.41) is 3.27. The summed E-state index contributed by atoms with van der Waals surface area (Å²) in [5.41, 5.74) is 5.97. The SMILES string of the molecule is CC1(c2cccc(N)c2)C(=O)Nc2cc(Cl)cc(Cl)c2C1=O. The molecule has 0 fully saturated rings. The number of hydrogen-bond donors (Lipinski definition) is 2. The fourth-order valence-electron chi connectivity index (χ4n) is 2.62. The molecule has 22 heavy (non-hydrogen) atoms. The first kappa shape index (κ1) is 14.9. The van der Waals surface area contributed by atoms with Gasteiger partial charge in [0.05, 0.1) is 16.3 Å². The summed E-state index contributed by atoms with van der Waals surface area (Å²) in [6, 6.07) is 9.71. The summed E-state index contributed by atoms with van der Waals surface area (Å²) in [5.74, 6) is -0.813. The van der Waals surface area contributed by atoms with Crippen molar-refractivity contribution in [3.63, 3.8) is 0 Å². The Kier molecular flexibility index (Phi) is 3.38. The van der Waals surface area contributed by atoms with E-state index in [2.05, 4.69) is 5.32 Å². The number of hydrogen-bond acceptors (Lipinski definition) is 3. The topological polar surface area (TPSA) is 72.2 Å². The summed E-state index contributed by atoms with van der Waals surface area (Å²) < 4.78 is 0. The number of nitrogens with two attached hydrogens (primary N) is 1. The average molecular weight is 335 g/mol. The third-order valence-corrected chi connectivity index (χ3v) is 4.42. The second kappa shape index (κ2) is 5.00. The number of Topliss-reactive ketones (excluding diaryl/α,β-unsaturated/α-hetero) is 1. The zero-order valence-electron chi connectivity index (χ0n) is 11.6. The van der Waals surface area contributed by atoms with E-state index < -0.39 is 11.3 Å². The van der Waals surface area contributed by atoms with Gasteiger partial charge in [0.15, 0.2) is 5.78 Å². The molecule has 1 unspecified atom stereocenters. The van der Waals surface area contributed by atoms with Crippen molar-refractivity contribution < 1.29 is 9.59 Å². The lowest BCUT2D eigenvalue weighted by Crippen LogP contribution is -2.48. The smallest absolute Gasteiger partial charge is 0.242 e. The molecular formula is C16H12Cl2N2O2. The number of rotatable bonds is 1. The quantitative estimate of drug-likeness (QED) is 0.617. The number of halogens is 2. The molecule has 0 saturated carbocycles. The van der Waals surface area contributed by atoms with Gasteiger partial charge in [-0.05, 0) is 36.8 Å². The first-order valence-electron chi connectivity index (χ1n) is 6.55.